The summed E-state index contributed by atoms with van der Waals surface area (Å²) >= 11 is 0. The molecule has 1 aliphatic heterocycles. The largest absolute Gasteiger partial charge is 0.488 e. The Morgan fingerprint density at radius 2 is 2.08 bits per heavy atom. The molecular formula is C21H30O4. The van der Waals surface area contributed by atoms with Crippen LogP contribution in [0.4, 0.5) is 0 Å². The van der Waals surface area contributed by atoms with Gasteiger partial charge in [0.05, 0.1) is 6.61 Å². The second-order valence-electron chi connectivity index (χ2n) is 8.08. The second-order valence-corrected chi connectivity index (χ2v) is 8.08. The van der Waals surface area contributed by atoms with E-state index in [1.807, 2.05) is 6.92 Å². The Bertz CT molecular complexity index is 642. The molecule has 0 aromatic heterocycles. The van der Waals surface area contributed by atoms with E-state index >= 15 is 0 Å². The highest BCUT2D eigenvalue weighted by Crippen LogP contribution is 2.53. The van der Waals surface area contributed by atoms with E-state index in [0.29, 0.717) is 30.4 Å². The van der Waals surface area contributed by atoms with E-state index < -0.39 is 6.10 Å². The van der Waals surface area contributed by atoms with E-state index in [2.05, 4.69) is 26.0 Å². The molecule has 138 valence electrons. The SMILES string of the molecule is CC(=CCC=C(C)C1CCC2(C)OC3=C(CC12)C(=O)CCC3O)CO. The van der Waals surface area contributed by atoms with Gasteiger partial charge in [-0.2, -0.15) is 0 Å². The number of rotatable bonds is 4. The predicted molar refractivity (Wildman–Crippen MR) is 96.8 cm³/mol. The Morgan fingerprint density at radius 3 is 2.80 bits per heavy atom. The highest BCUT2D eigenvalue weighted by molar-refractivity contribution is 5.97. The molecule has 4 unspecified atom stereocenters. The third kappa shape index (κ3) is 3.47. The van der Waals surface area contributed by atoms with Crippen LogP contribution in [-0.4, -0.2) is 34.3 Å². The quantitative estimate of drug-likeness (QED) is 0.765. The van der Waals surface area contributed by atoms with Crippen LogP contribution in [0.5, 0.6) is 0 Å². The van der Waals surface area contributed by atoms with Gasteiger partial charge in [0.2, 0.25) is 0 Å². The van der Waals surface area contributed by atoms with Crippen molar-refractivity contribution >= 4 is 5.78 Å². The van der Waals surface area contributed by atoms with Crippen LogP contribution in [0.1, 0.15) is 59.3 Å². The second kappa shape index (κ2) is 7.08. The van der Waals surface area contributed by atoms with E-state index in [-0.39, 0.29) is 18.0 Å². The fourth-order valence-electron chi connectivity index (χ4n) is 4.65. The van der Waals surface area contributed by atoms with Crippen LogP contribution in [-0.2, 0) is 9.53 Å². The molecule has 0 amide bonds. The van der Waals surface area contributed by atoms with Crippen molar-refractivity contribution in [3.05, 3.63) is 34.6 Å². The topological polar surface area (TPSA) is 66.8 Å². The van der Waals surface area contributed by atoms with E-state index in [1.54, 1.807) is 0 Å². The van der Waals surface area contributed by atoms with E-state index in [1.165, 1.54) is 5.57 Å². The average molecular weight is 346 g/mol. The summed E-state index contributed by atoms with van der Waals surface area (Å²) in [5.41, 5.74) is 2.77. The summed E-state index contributed by atoms with van der Waals surface area (Å²) < 4.78 is 6.26. The molecule has 0 bridgehead atoms. The lowest BCUT2D eigenvalue weighted by atomic mass is 9.74. The summed E-state index contributed by atoms with van der Waals surface area (Å²) in [4.78, 5) is 12.3. The first-order valence-electron chi connectivity index (χ1n) is 9.42. The highest BCUT2D eigenvalue weighted by atomic mass is 16.5. The van der Waals surface area contributed by atoms with Crippen LogP contribution >= 0.6 is 0 Å². The van der Waals surface area contributed by atoms with E-state index in [0.717, 1.165) is 36.8 Å². The van der Waals surface area contributed by atoms with Gasteiger partial charge in [-0.1, -0.05) is 23.3 Å². The van der Waals surface area contributed by atoms with Crippen molar-refractivity contribution < 1.29 is 19.7 Å². The number of allylic oxidation sites excluding steroid dienone is 4. The number of fused-ring (bicyclic) bond motifs is 1. The van der Waals surface area contributed by atoms with Gasteiger partial charge in [0.1, 0.15) is 17.5 Å². The maximum absolute atomic E-state index is 12.3. The number of carbonyl (C=O) groups is 1. The molecule has 2 aliphatic carbocycles. The Hall–Kier alpha value is -1.39. The van der Waals surface area contributed by atoms with Crippen molar-refractivity contribution in [2.75, 3.05) is 6.61 Å². The van der Waals surface area contributed by atoms with E-state index in [4.69, 9.17) is 9.84 Å². The zero-order chi connectivity index (χ0) is 18.2. The van der Waals surface area contributed by atoms with Gasteiger partial charge in [-0.3, -0.25) is 4.79 Å². The molecule has 3 rings (SSSR count). The molecule has 4 atom stereocenters. The smallest absolute Gasteiger partial charge is 0.162 e. The van der Waals surface area contributed by atoms with Crippen LogP contribution < -0.4 is 0 Å². The number of hydrogen-bond donors (Lipinski definition) is 2. The normalized spacial score (nSPS) is 36.2. The van der Waals surface area contributed by atoms with Crippen molar-refractivity contribution in [3.63, 3.8) is 0 Å². The van der Waals surface area contributed by atoms with Crippen molar-refractivity contribution in [3.8, 4) is 0 Å². The number of ketones is 1. The molecule has 0 spiro atoms. The molecule has 4 nitrogen and oxygen atoms in total. The highest BCUT2D eigenvalue weighted by Gasteiger charge is 2.52. The van der Waals surface area contributed by atoms with Crippen molar-refractivity contribution in [1.82, 2.24) is 0 Å². The first kappa shape index (κ1) is 18.4. The Labute approximate surface area is 150 Å². The molecule has 0 aromatic rings. The van der Waals surface area contributed by atoms with Crippen molar-refractivity contribution in [2.45, 2.75) is 71.0 Å². The fourth-order valence-corrected chi connectivity index (χ4v) is 4.65. The molecule has 1 saturated carbocycles. The van der Waals surface area contributed by atoms with Crippen LogP contribution in [0.15, 0.2) is 34.6 Å². The monoisotopic (exact) mass is 346 g/mol. The van der Waals surface area contributed by atoms with Gasteiger partial charge < -0.3 is 14.9 Å². The first-order valence-corrected chi connectivity index (χ1v) is 9.42. The van der Waals surface area contributed by atoms with Crippen LogP contribution in [0, 0.1) is 11.8 Å². The molecule has 0 radical (unpaired) electrons. The molecule has 3 aliphatic rings. The fraction of sp³-hybridized carbons (Fsp3) is 0.667. The molecule has 2 N–H and O–H groups in total. The summed E-state index contributed by atoms with van der Waals surface area (Å²) in [6.45, 7) is 6.33. The van der Waals surface area contributed by atoms with Gasteiger partial charge in [0.25, 0.3) is 0 Å². The van der Waals surface area contributed by atoms with Crippen LogP contribution in [0.2, 0.25) is 0 Å². The van der Waals surface area contributed by atoms with Gasteiger partial charge in [-0.15, -0.1) is 0 Å². The third-order valence-electron chi connectivity index (χ3n) is 6.31. The van der Waals surface area contributed by atoms with Gasteiger partial charge in [0.15, 0.2) is 5.78 Å². The summed E-state index contributed by atoms with van der Waals surface area (Å²) in [6.07, 6.45) is 8.14. The number of Topliss-reactive ketones (excluding diaryl/α,β-unsaturated/α-hetero) is 1. The molecule has 0 saturated heterocycles. The Morgan fingerprint density at radius 1 is 1.32 bits per heavy atom. The number of carbonyl (C=O) groups excluding carboxylic acids is 1. The third-order valence-corrected chi connectivity index (χ3v) is 6.31. The van der Waals surface area contributed by atoms with Crippen LogP contribution in [0.25, 0.3) is 0 Å². The number of aliphatic hydroxyl groups excluding tert-OH is 2. The van der Waals surface area contributed by atoms with Gasteiger partial charge >= 0.3 is 0 Å². The minimum atomic E-state index is -0.618. The molecule has 25 heavy (non-hydrogen) atoms. The van der Waals surface area contributed by atoms with Gasteiger partial charge in [0, 0.05) is 17.9 Å². The lowest BCUT2D eigenvalue weighted by Crippen LogP contribution is -2.44. The maximum atomic E-state index is 12.3. The molecular weight excluding hydrogens is 316 g/mol. The summed E-state index contributed by atoms with van der Waals surface area (Å²) in [6, 6.07) is 0. The molecule has 0 aromatic carbocycles. The average Bonchev–Trinajstić information content (AvgIpc) is 2.93. The number of hydrogen-bond acceptors (Lipinski definition) is 4. The summed E-state index contributed by atoms with van der Waals surface area (Å²) in [5.74, 6) is 1.41. The molecule has 1 fully saturated rings. The minimum Gasteiger partial charge on any atom is -0.488 e. The standard InChI is InChI=1S/C21H30O4/c1-13(12-22)5-4-6-14(2)15-9-10-21(3)17(15)11-16-18(23)7-8-19(24)20(16)25-21/h5-6,15,17,19,22,24H,4,7-12H2,1-3H3. The minimum absolute atomic E-state index is 0.103. The first-order chi connectivity index (χ1) is 11.9. The Balaban J connectivity index is 1.80. The van der Waals surface area contributed by atoms with Crippen molar-refractivity contribution in [2.24, 2.45) is 11.8 Å². The summed E-state index contributed by atoms with van der Waals surface area (Å²) in [7, 11) is 0. The molecule has 4 heteroatoms. The van der Waals surface area contributed by atoms with Crippen molar-refractivity contribution in [1.29, 1.82) is 0 Å². The maximum Gasteiger partial charge on any atom is 0.162 e. The zero-order valence-electron chi connectivity index (χ0n) is 15.5. The summed E-state index contributed by atoms with van der Waals surface area (Å²) in [5, 5.41) is 19.3. The lowest BCUT2D eigenvalue weighted by molar-refractivity contribution is -0.122. The lowest BCUT2D eigenvalue weighted by Gasteiger charge is -2.43. The van der Waals surface area contributed by atoms with Gasteiger partial charge in [-0.05, 0) is 58.8 Å². The number of ether oxygens (including phenoxy) is 1. The van der Waals surface area contributed by atoms with Gasteiger partial charge in [-0.25, -0.2) is 0 Å². The predicted octanol–water partition coefficient (Wildman–Crippen LogP) is 3.44. The van der Waals surface area contributed by atoms with Crippen LogP contribution in [0.3, 0.4) is 0 Å². The Kier molecular flexibility index (Phi) is 5.21. The van der Waals surface area contributed by atoms with E-state index in [9.17, 15) is 9.90 Å². The number of aliphatic hydroxyl groups is 2. The molecule has 1 heterocycles. The zero-order valence-corrected chi connectivity index (χ0v) is 15.5.